The first-order valence-corrected chi connectivity index (χ1v) is 12.9. The molecule has 0 atom stereocenters. The topological polar surface area (TPSA) is 82.5 Å². The summed E-state index contributed by atoms with van der Waals surface area (Å²) in [7, 11) is 1.56. The molecule has 0 aliphatic carbocycles. The maximum absolute atomic E-state index is 15.1. The van der Waals surface area contributed by atoms with Crippen LogP contribution in [0.1, 0.15) is 35.9 Å². The molecule has 0 fully saturated rings. The SMILES string of the molecule is COc1ccc2c(Oc3ccc(NC(=O)c4cn(C(C)C)c(C)c(-c5ccc(F)cc5)c4=O)cc3F)ccnc2c1. The molecule has 0 aliphatic heterocycles. The lowest BCUT2D eigenvalue weighted by Crippen LogP contribution is -2.26. The molecule has 0 bridgehead atoms. The highest BCUT2D eigenvalue weighted by Gasteiger charge is 2.21. The fourth-order valence-corrected chi connectivity index (χ4v) is 4.67. The smallest absolute Gasteiger partial charge is 0.261 e. The molecule has 2 aromatic heterocycles. The number of aromatic nitrogens is 2. The van der Waals surface area contributed by atoms with Crippen LogP contribution >= 0.6 is 0 Å². The van der Waals surface area contributed by atoms with Crippen LogP contribution in [-0.2, 0) is 0 Å². The van der Waals surface area contributed by atoms with Crippen LogP contribution in [0.2, 0.25) is 0 Å². The van der Waals surface area contributed by atoms with E-state index in [0.717, 1.165) is 6.07 Å². The third-order valence-electron chi connectivity index (χ3n) is 6.74. The van der Waals surface area contributed by atoms with Gasteiger partial charge in [-0.25, -0.2) is 8.78 Å². The zero-order valence-electron chi connectivity index (χ0n) is 22.9. The molecule has 5 aromatic rings. The molecule has 5 rings (SSSR count). The summed E-state index contributed by atoms with van der Waals surface area (Å²) in [5.74, 6) is -0.868. The predicted molar refractivity (Wildman–Crippen MR) is 154 cm³/mol. The van der Waals surface area contributed by atoms with Crippen LogP contribution < -0.4 is 20.2 Å². The molecule has 7 nitrogen and oxygen atoms in total. The Balaban J connectivity index is 1.44. The van der Waals surface area contributed by atoms with E-state index in [1.807, 2.05) is 13.8 Å². The van der Waals surface area contributed by atoms with E-state index in [0.29, 0.717) is 39.2 Å². The summed E-state index contributed by atoms with van der Waals surface area (Å²) in [6.45, 7) is 5.62. The van der Waals surface area contributed by atoms with Gasteiger partial charge in [0.2, 0.25) is 5.43 Å². The number of nitrogens with zero attached hydrogens (tertiary/aromatic N) is 2. The lowest BCUT2D eigenvalue weighted by Gasteiger charge is -2.20. The van der Waals surface area contributed by atoms with Gasteiger partial charge >= 0.3 is 0 Å². The largest absolute Gasteiger partial charge is 0.497 e. The van der Waals surface area contributed by atoms with Crippen molar-refractivity contribution in [2.75, 3.05) is 12.4 Å². The molecule has 3 aromatic carbocycles. The van der Waals surface area contributed by atoms with Crippen LogP contribution in [0.15, 0.2) is 83.9 Å². The standard InChI is InChI=1S/C32H27F2N3O4/c1-18(2)37-17-25(31(38)30(19(37)3)20-5-7-21(33)8-6-20)32(39)36-22-9-12-29(26(34)15-22)41-28-13-14-35-27-16-23(40-4)10-11-24(27)28/h5-18H,1-4H3,(H,36,39). The highest BCUT2D eigenvalue weighted by molar-refractivity contribution is 6.04. The van der Waals surface area contributed by atoms with E-state index in [2.05, 4.69) is 10.3 Å². The average Bonchev–Trinajstić information content (AvgIpc) is 2.95. The first-order valence-electron chi connectivity index (χ1n) is 12.9. The average molecular weight is 556 g/mol. The predicted octanol–water partition coefficient (Wildman–Crippen LogP) is 7.28. The number of methoxy groups -OCH3 is 1. The third kappa shape index (κ3) is 5.51. The van der Waals surface area contributed by atoms with Crippen molar-refractivity contribution in [3.05, 3.63) is 112 Å². The number of pyridine rings is 2. The number of carbonyl (C=O) groups excluding carboxylic acids is 1. The van der Waals surface area contributed by atoms with E-state index in [9.17, 15) is 14.0 Å². The zero-order valence-corrected chi connectivity index (χ0v) is 22.9. The molecule has 2 heterocycles. The van der Waals surface area contributed by atoms with Gasteiger partial charge in [0.05, 0.1) is 12.6 Å². The van der Waals surface area contributed by atoms with Gasteiger partial charge < -0.3 is 19.4 Å². The maximum atomic E-state index is 15.1. The number of carbonyl (C=O) groups is 1. The number of amides is 1. The number of ether oxygens (including phenoxy) is 2. The minimum Gasteiger partial charge on any atom is -0.497 e. The van der Waals surface area contributed by atoms with Crippen LogP contribution in [0.4, 0.5) is 14.5 Å². The second kappa shape index (κ2) is 11.2. The Kier molecular flexibility index (Phi) is 7.52. The van der Waals surface area contributed by atoms with Crippen molar-refractivity contribution in [1.29, 1.82) is 0 Å². The first kappa shape index (κ1) is 27.5. The highest BCUT2D eigenvalue weighted by atomic mass is 19.1. The molecule has 0 saturated carbocycles. The number of nitrogens with one attached hydrogen (secondary N) is 1. The van der Waals surface area contributed by atoms with E-state index >= 15 is 4.39 Å². The monoisotopic (exact) mass is 555 g/mol. The van der Waals surface area contributed by atoms with Crippen molar-refractivity contribution >= 4 is 22.5 Å². The number of hydrogen-bond acceptors (Lipinski definition) is 5. The van der Waals surface area contributed by atoms with Gasteiger partial charge in [0.15, 0.2) is 11.6 Å². The van der Waals surface area contributed by atoms with Crippen molar-refractivity contribution in [2.24, 2.45) is 0 Å². The van der Waals surface area contributed by atoms with E-state index in [1.54, 1.807) is 49.1 Å². The Bertz CT molecular complexity index is 1830. The van der Waals surface area contributed by atoms with Gasteiger partial charge in [-0.3, -0.25) is 14.6 Å². The number of hydrogen-bond donors (Lipinski definition) is 1. The van der Waals surface area contributed by atoms with Gasteiger partial charge in [0, 0.05) is 52.9 Å². The Labute approximate surface area is 235 Å². The van der Waals surface area contributed by atoms with Gasteiger partial charge in [-0.15, -0.1) is 0 Å². The summed E-state index contributed by atoms with van der Waals surface area (Å²) in [5, 5.41) is 3.28. The van der Waals surface area contributed by atoms with Crippen LogP contribution in [0.3, 0.4) is 0 Å². The van der Waals surface area contributed by atoms with Crippen molar-refractivity contribution in [3.8, 4) is 28.4 Å². The fourth-order valence-electron chi connectivity index (χ4n) is 4.67. The summed E-state index contributed by atoms with van der Waals surface area (Å²) >= 11 is 0. The number of benzene rings is 3. The fraction of sp³-hybridized carbons (Fsp3) is 0.156. The van der Waals surface area contributed by atoms with Crippen molar-refractivity contribution in [3.63, 3.8) is 0 Å². The van der Waals surface area contributed by atoms with E-state index < -0.39 is 23.0 Å². The Morgan fingerprint density at radius 1 is 0.976 bits per heavy atom. The number of rotatable bonds is 7. The number of halogens is 2. The van der Waals surface area contributed by atoms with Gasteiger partial charge in [0.1, 0.15) is 22.9 Å². The summed E-state index contributed by atoms with van der Waals surface area (Å²) in [4.78, 5) is 31.1. The number of anilines is 1. The quantitative estimate of drug-likeness (QED) is 0.228. The summed E-state index contributed by atoms with van der Waals surface area (Å²) in [5.41, 5.74) is 1.56. The van der Waals surface area contributed by atoms with Gasteiger partial charge in [-0.1, -0.05) is 12.1 Å². The molecule has 1 amide bonds. The summed E-state index contributed by atoms with van der Waals surface area (Å²) in [6.07, 6.45) is 3.04. The van der Waals surface area contributed by atoms with E-state index in [4.69, 9.17) is 9.47 Å². The van der Waals surface area contributed by atoms with E-state index in [-0.39, 0.29) is 23.0 Å². The second-order valence-electron chi connectivity index (χ2n) is 9.73. The molecular formula is C32H27F2N3O4. The Morgan fingerprint density at radius 2 is 1.73 bits per heavy atom. The maximum Gasteiger partial charge on any atom is 0.261 e. The number of fused-ring (bicyclic) bond motifs is 1. The first-order chi connectivity index (χ1) is 19.7. The van der Waals surface area contributed by atoms with Crippen molar-refractivity contribution in [2.45, 2.75) is 26.8 Å². The van der Waals surface area contributed by atoms with Crippen LogP contribution in [-0.4, -0.2) is 22.6 Å². The minimum atomic E-state index is -0.711. The lowest BCUT2D eigenvalue weighted by atomic mass is 10.00. The van der Waals surface area contributed by atoms with Gasteiger partial charge in [-0.2, -0.15) is 0 Å². The minimum absolute atomic E-state index is 0.0533. The summed E-state index contributed by atoms with van der Waals surface area (Å²) in [6, 6.07) is 16.4. The third-order valence-corrected chi connectivity index (χ3v) is 6.74. The van der Waals surface area contributed by atoms with E-state index in [1.165, 1.54) is 42.6 Å². The molecule has 41 heavy (non-hydrogen) atoms. The van der Waals surface area contributed by atoms with Crippen molar-refractivity contribution in [1.82, 2.24) is 9.55 Å². The molecule has 0 spiro atoms. The van der Waals surface area contributed by atoms with Crippen LogP contribution in [0.5, 0.6) is 17.2 Å². The van der Waals surface area contributed by atoms with Gasteiger partial charge in [0.25, 0.3) is 5.91 Å². The Morgan fingerprint density at radius 3 is 2.41 bits per heavy atom. The van der Waals surface area contributed by atoms with Crippen LogP contribution in [0.25, 0.3) is 22.0 Å². The molecule has 0 aliphatic rings. The molecule has 0 radical (unpaired) electrons. The van der Waals surface area contributed by atoms with Crippen molar-refractivity contribution < 1.29 is 23.0 Å². The second-order valence-corrected chi connectivity index (χ2v) is 9.73. The molecule has 9 heteroatoms. The normalized spacial score (nSPS) is 11.1. The Hall–Kier alpha value is -5.05. The summed E-state index contributed by atoms with van der Waals surface area (Å²) < 4.78 is 41.5. The molecule has 0 saturated heterocycles. The molecule has 1 N–H and O–H groups in total. The van der Waals surface area contributed by atoms with Crippen LogP contribution in [0, 0.1) is 18.6 Å². The zero-order chi connectivity index (χ0) is 29.3. The van der Waals surface area contributed by atoms with Gasteiger partial charge in [-0.05, 0) is 68.8 Å². The lowest BCUT2D eigenvalue weighted by molar-refractivity contribution is 0.102. The molecule has 0 unspecified atom stereocenters. The highest BCUT2D eigenvalue weighted by Crippen LogP contribution is 2.33. The molecular weight excluding hydrogens is 528 g/mol. The molecule has 208 valence electrons.